The van der Waals surface area contributed by atoms with Crippen molar-refractivity contribution in [2.75, 3.05) is 0 Å². The number of hydrogen-bond donors (Lipinski definition) is 2. The van der Waals surface area contributed by atoms with Gasteiger partial charge in [-0.05, 0) is 61.1 Å². The number of hydrogen-bond acceptors (Lipinski definition) is 3. The van der Waals surface area contributed by atoms with Gasteiger partial charge in [-0.1, -0.05) is 52.4 Å². The van der Waals surface area contributed by atoms with Gasteiger partial charge in [-0.15, -0.1) is 0 Å². The molecule has 152 valence electrons. The predicted octanol–water partition coefficient (Wildman–Crippen LogP) is 6.49. The van der Waals surface area contributed by atoms with Crippen molar-refractivity contribution in [3.63, 3.8) is 0 Å². The van der Waals surface area contributed by atoms with Crippen molar-refractivity contribution >= 4 is 10.8 Å². The average molecular weight is 401 g/mol. The standard InChI is InChI=1S/C24H32O3S/c1-3-5-7-9-11-17-13-23-19(15-21(17)25)20-16-22(26)18(12-10-8-6-4-2)14-24(20)28(23)27/h13-16,25-26H,3-12H2,1-2H3. The van der Waals surface area contributed by atoms with Crippen molar-refractivity contribution in [1.82, 2.24) is 0 Å². The monoisotopic (exact) mass is 400 g/mol. The Bertz CT molecular complexity index is 788. The van der Waals surface area contributed by atoms with Crippen LogP contribution in [-0.4, -0.2) is 14.4 Å². The quantitative estimate of drug-likeness (QED) is 0.382. The molecule has 0 unspecified atom stereocenters. The highest BCUT2D eigenvalue weighted by atomic mass is 32.2. The summed E-state index contributed by atoms with van der Waals surface area (Å²) in [6, 6.07) is 7.28. The van der Waals surface area contributed by atoms with E-state index in [0.29, 0.717) is 0 Å². The lowest BCUT2D eigenvalue weighted by Crippen LogP contribution is -1.93. The molecule has 0 atom stereocenters. The summed E-state index contributed by atoms with van der Waals surface area (Å²) in [6.45, 7) is 4.36. The van der Waals surface area contributed by atoms with E-state index in [2.05, 4.69) is 13.8 Å². The molecular formula is C24H32O3S. The maximum Gasteiger partial charge on any atom is 0.119 e. The highest BCUT2D eigenvalue weighted by Gasteiger charge is 2.28. The second-order valence-electron chi connectivity index (χ2n) is 7.84. The number of phenolic OH excluding ortho intramolecular Hbond substituents is 2. The number of unbranched alkanes of at least 4 members (excludes halogenated alkanes) is 6. The molecule has 28 heavy (non-hydrogen) atoms. The van der Waals surface area contributed by atoms with E-state index in [0.717, 1.165) is 70.6 Å². The van der Waals surface area contributed by atoms with Crippen molar-refractivity contribution in [2.24, 2.45) is 0 Å². The van der Waals surface area contributed by atoms with Crippen molar-refractivity contribution < 1.29 is 14.4 Å². The Kier molecular flexibility index (Phi) is 7.17. The Morgan fingerprint density at radius 2 is 1.11 bits per heavy atom. The number of phenols is 2. The van der Waals surface area contributed by atoms with Crippen molar-refractivity contribution in [3.8, 4) is 22.6 Å². The third-order valence-electron chi connectivity index (χ3n) is 5.65. The van der Waals surface area contributed by atoms with Crippen molar-refractivity contribution in [2.45, 2.75) is 87.8 Å². The number of aryl methyl sites for hydroxylation is 2. The highest BCUT2D eigenvalue weighted by Crippen LogP contribution is 2.46. The smallest absolute Gasteiger partial charge is 0.119 e. The van der Waals surface area contributed by atoms with E-state index in [1.807, 2.05) is 12.1 Å². The van der Waals surface area contributed by atoms with Crippen LogP contribution >= 0.6 is 0 Å². The summed E-state index contributed by atoms with van der Waals surface area (Å²) in [6.07, 6.45) is 10.7. The third-order valence-corrected chi connectivity index (χ3v) is 7.13. The zero-order valence-electron chi connectivity index (χ0n) is 17.1. The summed E-state index contributed by atoms with van der Waals surface area (Å²) in [5.74, 6) is 0.534. The molecule has 0 fully saturated rings. The summed E-state index contributed by atoms with van der Waals surface area (Å²) < 4.78 is 13.1. The van der Waals surface area contributed by atoms with Crippen LogP contribution in [0.1, 0.15) is 76.3 Å². The maximum absolute atomic E-state index is 13.1. The molecular weight excluding hydrogens is 368 g/mol. The minimum absolute atomic E-state index is 0.267. The van der Waals surface area contributed by atoms with Gasteiger partial charge in [-0.2, -0.15) is 0 Å². The summed E-state index contributed by atoms with van der Waals surface area (Å²) >= 11 is 0. The van der Waals surface area contributed by atoms with Crippen molar-refractivity contribution in [1.29, 1.82) is 0 Å². The Balaban J connectivity index is 1.83. The van der Waals surface area contributed by atoms with Gasteiger partial charge in [0.05, 0.1) is 20.6 Å². The second kappa shape index (κ2) is 9.60. The first-order chi connectivity index (χ1) is 13.6. The molecule has 2 N–H and O–H groups in total. The molecule has 0 bridgehead atoms. The highest BCUT2D eigenvalue weighted by molar-refractivity contribution is 7.85. The molecule has 3 nitrogen and oxygen atoms in total. The summed E-state index contributed by atoms with van der Waals surface area (Å²) in [5.41, 5.74) is 3.33. The van der Waals surface area contributed by atoms with Crippen LogP contribution in [0.15, 0.2) is 34.1 Å². The molecule has 2 aromatic carbocycles. The van der Waals surface area contributed by atoms with Gasteiger partial charge in [0.2, 0.25) is 0 Å². The van der Waals surface area contributed by atoms with E-state index in [1.54, 1.807) is 12.1 Å². The number of fused-ring (bicyclic) bond motifs is 3. The van der Waals surface area contributed by atoms with Gasteiger partial charge in [0.1, 0.15) is 11.5 Å². The second-order valence-corrected chi connectivity index (χ2v) is 9.26. The molecule has 1 aliphatic heterocycles. The lowest BCUT2D eigenvalue weighted by molar-refractivity contribution is 0.464. The van der Waals surface area contributed by atoms with Crippen LogP contribution in [0.2, 0.25) is 0 Å². The maximum atomic E-state index is 13.1. The minimum Gasteiger partial charge on any atom is -0.508 e. The van der Waals surface area contributed by atoms with E-state index in [-0.39, 0.29) is 11.5 Å². The van der Waals surface area contributed by atoms with Crippen LogP contribution in [0.5, 0.6) is 11.5 Å². The van der Waals surface area contributed by atoms with Crippen LogP contribution in [-0.2, 0) is 23.6 Å². The Labute approximate surface area is 171 Å². The zero-order valence-corrected chi connectivity index (χ0v) is 17.9. The molecule has 1 aliphatic rings. The molecule has 0 saturated carbocycles. The minimum atomic E-state index is -1.25. The molecule has 0 aliphatic carbocycles. The van der Waals surface area contributed by atoms with Gasteiger partial charge >= 0.3 is 0 Å². The molecule has 2 aromatic rings. The van der Waals surface area contributed by atoms with Crippen LogP contribution < -0.4 is 0 Å². The van der Waals surface area contributed by atoms with E-state index < -0.39 is 10.8 Å². The fourth-order valence-corrected chi connectivity index (χ4v) is 5.42. The number of rotatable bonds is 10. The molecule has 3 rings (SSSR count). The van der Waals surface area contributed by atoms with Gasteiger partial charge in [0.25, 0.3) is 0 Å². The molecule has 0 radical (unpaired) electrons. The fraction of sp³-hybridized carbons (Fsp3) is 0.500. The lowest BCUT2D eigenvalue weighted by atomic mass is 9.97. The number of benzene rings is 2. The Morgan fingerprint density at radius 3 is 1.50 bits per heavy atom. The molecule has 0 spiro atoms. The molecule has 1 heterocycles. The SMILES string of the molecule is CCCCCCc1cc2c(cc1O)-c1cc(O)c(CCCCCC)cc1S2=O. The molecule has 0 amide bonds. The van der Waals surface area contributed by atoms with E-state index in [4.69, 9.17) is 0 Å². The Morgan fingerprint density at radius 1 is 0.679 bits per heavy atom. The Hall–Kier alpha value is -1.81. The van der Waals surface area contributed by atoms with Gasteiger partial charge in [-0.3, -0.25) is 0 Å². The van der Waals surface area contributed by atoms with Gasteiger partial charge < -0.3 is 10.2 Å². The zero-order chi connectivity index (χ0) is 20.1. The van der Waals surface area contributed by atoms with Crippen LogP contribution in [0, 0.1) is 0 Å². The number of aromatic hydroxyl groups is 2. The first kappa shape index (κ1) is 20.9. The molecule has 0 aromatic heterocycles. The van der Waals surface area contributed by atoms with Crippen LogP contribution in [0.3, 0.4) is 0 Å². The summed E-state index contributed by atoms with van der Waals surface area (Å²) in [5, 5.41) is 20.9. The normalized spacial score (nSPS) is 12.9. The summed E-state index contributed by atoms with van der Waals surface area (Å²) in [7, 11) is -1.25. The van der Waals surface area contributed by atoms with Crippen molar-refractivity contribution in [3.05, 3.63) is 35.4 Å². The fourth-order valence-electron chi connectivity index (χ4n) is 3.95. The lowest BCUT2D eigenvalue weighted by Gasteiger charge is -2.09. The molecule has 4 heteroatoms. The van der Waals surface area contributed by atoms with Crippen LogP contribution in [0.4, 0.5) is 0 Å². The first-order valence-corrected chi connectivity index (χ1v) is 11.9. The van der Waals surface area contributed by atoms with E-state index in [9.17, 15) is 14.4 Å². The predicted molar refractivity (Wildman–Crippen MR) is 116 cm³/mol. The summed E-state index contributed by atoms with van der Waals surface area (Å²) in [4.78, 5) is 1.53. The largest absolute Gasteiger partial charge is 0.508 e. The van der Waals surface area contributed by atoms with Crippen LogP contribution in [0.25, 0.3) is 11.1 Å². The van der Waals surface area contributed by atoms with Gasteiger partial charge in [-0.25, -0.2) is 4.21 Å². The first-order valence-electron chi connectivity index (χ1n) is 10.7. The molecule has 0 saturated heterocycles. The van der Waals surface area contributed by atoms with E-state index in [1.165, 1.54) is 25.7 Å². The van der Waals surface area contributed by atoms with E-state index >= 15 is 0 Å². The van der Waals surface area contributed by atoms with Gasteiger partial charge in [0, 0.05) is 11.1 Å². The topological polar surface area (TPSA) is 57.5 Å². The van der Waals surface area contributed by atoms with Gasteiger partial charge in [0.15, 0.2) is 0 Å². The third kappa shape index (κ3) is 4.43. The average Bonchev–Trinajstić information content (AvgIpc) is 2.93.